The Hall–Kier alpha value is -2.16. The molecule has 1 aliphatic rings. The summed E-state index contributed by atoms with van der Waals surface area (Å²) in [6.45, 7) is 6.50. The van der Waals surface area contributed by atoms with E-state index in [-0.39, 0.29) is 17.2 Å². The molecule has 6 nitrogen and oxygen atoms in total. The molecule has 152 valence electrons. The van der Waals surface area contributed by atoms with Crippen LogP contribution in [-0.4, -0.2) is 59.2 Å². The van der Waals surface area contributed by atoms with E-state index in [4.69, 9.17) is 4.74 Å². The summed E-state index contributed by atoms with van der Waals surface area (Å²) in [4.78, 5) is 4.45. The standard InChI is InChI=1S/C20H26FN3O3S/c1-2-27-20-9-8-18(16-19(20)21)28(25,26)22-10-11-23-12-14-24(15-13-23)17-6-4-3-5-7-17/h3-9,16,22H,2,10-15H2,1H3. The summed E-state index contributed by atoms with van der Waals surface area (Å²) in [5.41, 5.74) is 1.21. The molecule has 8 heteroatoms. The van der Waals surface area contributed by atoms with Gasteiger partial charge in [0.05, 0.1) is 11.5 Å². The highest BCUT2D eigenvalue weighted by Crippen LogP contribution is 2.21. The Balaban J connectivity index is 1.48. The van der Waals surface area contributed by atoms with Gasteiger partial charge in [0.2, 0.25) is 10.0 Å². The number of ether oxygens (including phenoxy) is 1. The third-order valence-electron chi connectivity index (χ3n) is 4.73. The molecular formula is C20H26FN3O3S. The van der Waals surface area contributed by atoms with Crippen LogP contribution in [0.5, 0.6) is 5.75 Å². The summed E-state index contributed by atoms with van der Waals surface area (Å²) in [6.07, 6.45) is 0. The maximum Gasteiger partial charge on any atom is 0.240 e. The molecule has 0 radical (unpaired) electrons. The van der Waals surface area contributed by atoms with Crippen molar-refractivity contribution in [2.75, 3.05) is 50.8 Å². The second kappa shape index (κ2) is 9.36. The second-order valence-electron chi connectivity index (χ2n) is 6.59. The predicted molar refractivity (Wildman–Crippen MR) is 108 cm³/mol. The lowest BCUT2D eigenvalue weighted by Crippen LogP contribution is -2.48. The molecule has 0 atom stereocenters. The van der Waals surface area contributed by atoms with E-state index in [9.17, 15) is 12.8 Å². The van der Waals surface area contributed by atoms with Crippen LogP contribution in [0, 0.1) is 5.82 Å². The van der Waals surface area contributed by atoms with E-state index in [0.717, 1.165) is 32.2 Å². The van der Waals surface area contributed by atoms with Gasteiger partial charge in [0.1, 0.15) is 0 Å². The van der Waals surface area contributed by atoms with Gasteiger partial charge in [-0.15, -0.1) is 0 Å². The molecule has 0 aromatic heterocycles. The van der Waals surface area contributed by atoms with Gasteiger partial charge in [0, 0.05) is 45.0 Å². The first kappa shape index (κ1) is 20.6. The summed E-state index contributed by atoms with van der Waals surface area (Å²) in [7, 11) is -3.75. The Morgan fingerprint density at radius 3 is 2.43 bits per heavy atom. The lowest BCUT2D eigenvalue weighted by atomic mass is 10.2. The summed E-state index contributed by atoms with van der Waals surface area (Å²) in [6, 6.07) is 13.9. The number of sulfonamides is 1. The van der Waals surface area contributed by atoms with Crippen molar-refractivity contribution in [3.63, 3.8) is 0 Å². The van der Waals surface area contributed by atoms with Crippen LogP contribution in [0.15, 0.2) is 53.4 Å². The number of nitrogens with zero attached hydrogens (tertiary/aromatic N) is 2. The van der Waals surface area contributed by atoms with Crippen molar-refractivity contribution in [1.82, 2.24) is 9.62 Å². The normalized spacial score (nSPS) is 15.6. The van der Waals surface area contributed by atoms with Gasteiger partial charge in [-0.2, -0.15) is 0 Å². The molecule has 0 bridgehead atoms. The van der Waals surface area contributed by atoms with Crippen LogP contribution in [0.1, 0.15) is 6.92 Å². The SMILES string of the molecule is CCOc1ccc(S(=O)(=O)NCCN2CCN(c3ccccc3)CC2)cc1F. The van der Waals surface area contributed by atoms with Crippen molar-refractivity contribution in [3.05, 3.63) is 54.3 Å². The molecule has 1 heterocycles. The fourth-order valence-corrected chi connectivity index (χ4v) is 4.24. The van der Waals surface area contributed by atoms with Crippen LogP contribution in [0.3, 0.4) is 0 Å². The third kappa shape index (κ3) is 5.21. The molecule has 3 rings (SSSR count). The highest BCUT2D eigenvalue weighted by molar-refractivity contribution is 7.89. The molecule has 0 amide bonds. The average molecular weight is 408 g/mol. The second-order valence-corrected chi connectivity index (χ2v) is 8.35. The molecule has 2 aromatic carbocycles. The molecule has 1 fully saturated rings. The lowest BCUT2D eigenvalue weighted by Gasteiger charge is -2.36. The molecule has 0 spiro atoms. The largest absolute Gasteiger partial charge is 0.491 e. The van der Waals surface area contributed by atoms with Crippen LogP contribution in [0.4, 0.5) is 10.1 Å². The van der Waals surface area contributed by atoms with E-state index in [1.165, 1.54) is 17.8 Å². The smallest absolute Gasteiger partial charge is 0.240 e. The highest BCUT2D eigenvalue weighted by atomic mass is 32.2. The Morgan fingerprint density at radius 2 is 1.79 bits per heavy atom. The van der Waals surface area contributed by atoms with Gasteiger partial charge in [-0.3, -0.25) is 4.90 Å². The summed E-state index contributed by atoms with van der Waals surface area (Å²) in [5.74, 6) is -0.625. The zero-order valence-corrected chi connectivity index (χ0v) is 16.8. The Bertz CT molecular complexity index is 870. The van der Waals surface area contributed by atoms with E-state index < -0.39 is 15.8 Å². The minimum atomic E-state index is -3.75. The van der Waals surface area contributed by atoms with Crippen molar-refractivity contribution in [2.45, 2.75) is 11.8 Å². The summed E-state index contributed by atoms with van der Waals surface area (Å²) in [5, 5.41) is 0. The van der Waals surface area contributed by atoms with E-state index >= 15 is 0 Å². The lowest BCUT2D eigenvalue weighted by molar-refractivity contribution is 0.262. The molecular weight excluding hydrogens is 381 g/mol. The quantitative estimate of drug-likeness (QED) is 0.728. The Kier molecular flexibility index (Phi) is 6.88. The number of anilines is 1. The van der Waals surface area contributed by atoms with Crippen LogP contribution < -0.4 is 14.4 Å². The van der Waals surface area contributed by atoms with Crippen molar-refractivity contribution >= 4 is 15.7 Å². The minimum absolute atomic E-state index is 0.0535. The average Bonchev–Trinajstić information content (AvgIpc) is 2.71. The number of halogens is 1. The van der Waals surface area contributed by atoms with Crippen molar-refractivity contribution < 1.29 is 17.5 Å². The first-order chi connectivity index (χ1) is 13.5. The number of nitrogens with one attached hydrogen (secondary N) is 1. The van der Waals surface area contributed by atoms with Gasteiger partial charge >= 0.3 is 0 Å². The first-order valence-electron chi connectivity index (χ1n) is 9.44. The molecule has 1 N–H and O–H groups in total. The number of rotatable bonds is 8. The zero-order chi connectivity index (χ0) is 20.0. The van der Waals surface area contributed by atoms with Crippen LogP contribution in [0.25, 0.3) is 0 Å². The van der Waals surface area contributed by atoms with Crippen molar-refractivity contribution in [3.8, 4) is 5.75 Å². The maximum absolute atomic E-state index is 13.9. The molecule has 0 unspecified atom stereocenters. The number of para-hydroxylation sites is 1. The molecule has 1 aliphatic heterocycles. The number of benzene rings is 2. The molecule has 2 aromatic rings. The highest BCUT2D eigenvalue weighted by Gasteiger charge is 2.19. The van der Waals surface area contributed by atoms with E-state index in [2.05, 4.69) is 26.7 Å². The van der Waals surface area contributed by atoms with Gasteiger partial charge in [0.25, 0.3) is 0 Å². The topological polar surface area (TPSA) is 61.9 Å². The van der Waals surface area contributed by atoms with Crippen molar-refractivity contribution in [2.24, 2.45) is 0 Å². The molecule has 0 saturated carbocycles. The monoisotopic (exact) mass is 407 g/mol. The Morgan fingerprint density at radius 1 is 1.07 bits per heavy atom. The molecule has 0 aliphatic carbocycles. The third-order valence-corrected chi connectivity index (χ3v) is 6.19. The van der Waals surface area contributed by atoms with Gasteiger partial charge in [-0.25, -0.2) is 17.5 Å². The fourth-order valence-electron chi connectivity index (χ4n) is 3.21. The zero-order valence-electron chi connectivity index (χ0n) is 16.0. The van der Waals surface area contributed by atoms with Gasteiger partial charge in [-0.05, 0) is 37.3 Å². The van der Waals surface area contributed by atoms with E-state index in [0.29, 0.717) is 13.2 Å². The van der Waals surface area contributed by atoms with Crippen LogP contribution >= 0.6 is 0 Å². The van der Waals surface area contributed by atoms with Crippen molar-refractivity contribution in [1.29, 1.82) is 0 Å². The number of piperazine rings is 1. The van der Waals surface area contributed by atoms with Gasteiger partial charge in [-0.1, -0.05) is 18.2 Å². The first-order valence-corrected chi connectivity index (χ1v) is 10.9. The summed E-state index contributed by atoms with van der Waals surface area (Å²) < 4.78 is 46.4. The molecule has 1 saturated heterocycles. The van der Waals surface area contributed by atoms with Crippen LogP contribution in [-0.2, 0) is 10.0 Å². The van der Waals surface area contributed by atoms with Gasteiger partial charge in [0.15, 0.2) is 11.6 Å². The summed E-state index contributed by atoms with van der Waals surface area (Å²) >= 11 is 0. The minimum Gasteiger partial charge on any atom is -0.491 e. The fraction of sp³-hybridized carbons (Fsp3) is 0.400. The van der Waals surface area contributed by atoms with E-state index in [1.54, 1.807) is 6.92 Å². The molecule has 28 heavy (non-hydrogen) atoms. The van der Waals surface area contributed by atoms with E-state index in [1.807, 2.05) is 18.2 Å². The predicted octanol–water partition coefficient (Wildman–Crippen LogP) is 2.32. The van der Waals surface area contributed by atoms with Gasteiger partial charge < -0.3 is 9.64 Å². The number of hydrogen-bond donors (Lipinski definition) is 1. The maximum atomic E-state index is 13.9. The number of hydrogen-bond acceptors (Lipinski definition) is 5. The Labute approximate surface area is 166 Å². The van der Waals surface area contributed by atoms with Crippen LogP contribution in [0.2, 0.25) is 0 Å².